The van der Waals surface area contributed by atoms with Gasteiger partial charge in [-0.15, -0.1) is 0 Å². The van der Waals surface area contributed by atoms with Crippen LogP contribution < -0.4 is 5.32 Å². The molecule has 1 unspecified atom stereocenters. The lowest BCUT2D eigenvalue weighted by Gasteiger charge is -2.17. The molecule has 0 aromatic carbocycles. The number of aromatic nitrogens is 1. The van der Waals surface area contributed by atoms with Crippen molar-refractivity contribution >= 4 is 5.91 Å². The fraction of sp³-hybridized carbons (Fsp3) is 0.455. The number of nitrogens with zero attached hydrogens (tertiary/aromatic N) is 1. The van der Waals surface area contributed by atoms with E-state index in [1.807, 2.05) is 20.8 Å². The zero-order valence-corrected chi connectivity index (χ0v) is 9.42. The third-order valence-electron chi connectivity index (χ3n) is 2.38. The van der Waals surface area contributed by atoms with Gasteiger partial charge in [-0.25, -0.2) is 0 Å². The van der Waals surface area contributed by atoms with Gasteiger partial charge in [0.05, 0.1) is 0 Å². The summed E-state index contributed by atoms with van der Waals surface area (Å²) in [7, 11) is 0. The lowest BCUT2D eigenvalue weighted by atomic mass is 10.1. The molecule has 0 spiro atoms. The van der Waals surface area contributed by atoms with Crippen LogP contribution >= 0.6 is 0 Å². The Balaban J connectivity index is 2.80. The topological polar surface area (TPSA) is 42.0 Å². The molecule has 1 amide bonds. The number of hydrogen-bond acceptors (Lipinski definition) is 2. The van der Waals surface area contributed by atoms with Crippen molar-refractivity contribution in [2.24, 2.45) is 5.92 Å². The quantitative estimate of drug-likeness (QED) is 0.805. The van der Waals surface area contributed by atoms with Gasteiger partial charge < -0.3 is 5.32 Å². The van der Waals surface area contributed by atoms with Crippen LogP contribution in [0.25, 0.3) is 0 Å². The zero-order chi connectivity index (χ0) is 12.3. The summed E-state index contributed by atoms with van der Waals surface area (Å²) >= 11 is 0. The molecular weight excluding hydrogens is 214 g/mol. The first-order valence-electron chi connectivity index (χ1n) is 5.04. The van der Waals surface area contributed by atoms with Crippen molar-refractivity contribution in [3.8, 4) is 0 Å². The van der Waals surface area contributed by atoms with E-state index in [0.717, 1.165) is 12.1 Å². The van der Waals surface area contributed by atoms with Crippen LogP contribution in [0.5, 0.6) is 0 Å². The Labute approximate surface area is 92.9 Å². The molecule has 1 rings (SSSR count). The van der Waals surface area contributed by atoms with E-state index in [9.17, 15) is 13.6 Å². The summed E-state index contributed by atoms with van der Waals surface area (Å²) in [5, 5.41) is 2.65. The maximum atomic E-state index is 12.8. The largest absolute Gasteiger partial charge is 0.349 e. The predicted molar refractivity (Wildman–Crippen MR) is 55.9 cm³/mol. The molecule has 0 aliphatic heterocycles. The van der Waals surface area contributed by atoms with Gasteiger partial charge >= 0.3 is 0 Å². The van der Waals surface area contributed by atoms with E-state index in [4.69, 9.17) is 0 Å². The minimum absolute atomic E-state index is 0.0579. The summed E-state index contributed by atoms with van der Waals surface area (Å²) in [5.74, 6) is -2.24. The molecule has 0 saturated heterocycles. The molecular formula is C11H14F2N2O. The number of rotatable bonds is 3. The van der Waals surface area contributed by atoms with Crippen LogP contribution in [0, 0.1) is 17.8 Å². The summed E-state index contributed by atoms with van der Waals surface area (Å²) in [6, 6.07) is 1.75. The fourth-order valence-electron chi connectivity index (χ4n) is 1.05. The molecule has 0 fully saturated rings. The molecule has 0 bridgehead atoms. The predicted octanol–water partition coefficient (Wildman–Crippen LogP) is 2.13. The molecule has 16 heavy (non-hydrogen) atoms. The smallest absolute Gasteiger partial charge is 0.251 e. The highest BCUT2D eigenvalue weighted by Crippen LogP contribution is 2.06. The monoisotopic (exact) mass is 228 g/mol. The Morgan fingerprint density at radius 3 is 2.19 bits per heavy atom. The van der Waals surface area contributed by atoms with Crippen molar-refractivity contribution in [3.63, 3.8) is 0 Å². The number of carbonyl (C=O) groups excluding carboxylic acids is 1. The van der Waals surface area contributed by atoms with Crippen molar-refractivity contribution in [1.82, 2.24) is 10.3 Å². The van der Waals surface area contributed by atoms with Crippen LogP contribution in [-0.2, 0) is 0 Å². The Morgan fingerprint density at radius 2 is 1.75 bits per heavy atom. The first-order chi connectivity index (χ1) is 7.40. The minimum Gasteiger partial charge on any atom is -0.349 e. The highest BCUT2D eigenvalue weighted by Gasteiger charge is 2.14. The molecule has 0 aliphatic carbocycles. The Morgan fingerprint density at radius 1 is 1.25 bits per heavy atom. The second-order valence-corrected chi connectivity index (χ2v) is 4.01. The molecule has 0 aliphatic rings. The van der Waals surface area contributed by atoms with Gasteiger partial charge in [0.25, 0.3) is 5.91 Å². The van der Waals surface area contributed by atoms with Gasteiger partial charge in [-0.3, -0.25) is 4.79 Å². The number of amides is 1. The maximum Gasteiger partial charge on any atom is 0.251 e. The van der Waals surface area contributed by atoms with Crippen molar-refractivity contribution < 1.29 is 13.6 Å². The summed E-state index contributed by atoms with van der Waals surface area (Å²) < 4.78 is 25.5. The fourth-order valence-corrected chi connectivity index (χ4v) is 1.05. The number of halogens is 2. The molecule has 1 aromatic heterocycles. The lowest BCUT2D eigenvalue weighted by Crippen LogP contribution is -2.36. The van der Waals surface area contributed by atoms with Crippen LogP contribution in [0.2, 0.25) is 0 Å². The zero-order valence-electron chi connectivity index (χ0n) is 9.42. The lowest BCUT2D eigenvalue weighted by molar-refractivity contribution is 0.0929. The normalized spacial score (nSPS) is 12.6. The van der Waals surface area contributed by atoms with Gasteiger partial charge in [0, 0.05) is 23.7 Å². The summed E-state index contributed by atoms with van der Waals surface area (Å²) in [5.41, 5.74) is -0.0579. The van der Waals surface area contributed by atoms with E-state index in [1.165, 1.54) is 0 Å². The molecule has 1 N–H and O–H groups in total. The standard InChI is InChI=1S/C11H14F2N2O/c1-6(2)7(3)14-11(16)8-4-9(12)15-10(13)5-8/h4-7H,1-3H3,(H,14,16). The second-order valence-electron chi connectivity index (χ2n) is 4.01. The Hall–Kier alpha value is -1.52. The van der Waals surface area contributed by atoms with Gasteiger partial charge in [0.2, 0.25) is 11.9 Å². The van der Waals surface area contributed by atoms with E-state index >= 15 is 0 Å². The third-order valence-corrected chi connectivity index (χ3v) is 2.38. The molecule has 1 aromatic rings. The number of carbonyl (C=O) groups is 1. The molecule has 5 heteroatoms. The number of hydrogen-bond donors (Lipinski definition) is 1. The SMILES string of the molecule is CC(C)C(C)NC(=O)c1cc(F)nc(F)c1. The highest BCUT2D eigenvalue weighted by atomic mass is 19.1. The average molecular weight is 228 g/mol. The van der Waals surface area contributed by atoms with Crippen LogP contribution in [0.15, 0.2) is 12.1 Å². The van der Waals surface area contributed by atoms with Gasteiger partial charge in [0.15, 0.2) is 0 Å². The molecule has 0 radical (unpaired) electrons. The van der Waals surface area contributed by atoms with E-state index in [-0.39, 0.29) is 17.5 Å². The average Bonchev–Trinajstić information content (AvgIpc) is 2.15. The van der Waals surface area contributed by atoms with Crippen LogP contribution in [0.4, 0.5) is 8.78 Å². The van der Waals surface area contributed by atoms with E-state index in [0.29, 0.717) is 0 Å². The van der Waals surface area contributed by atoms with Gasteiger partial charge in [0.1, 0.15) is 0 Å². The van der Waals surface area contributed by atoms with Crippen molar-refractivity contribution in [3.05, 3.63) is 29.6 Å². The third kappa shape index (κ3) is 3.25. The Kier molecular flexibility index (Phi) is 3.93. The van der Waals surface area contributed by atoms with E-state index in [1.54, 1.807) is 0 Å². The highest BCUT2D eigenvalue weighted by molar-refractivity contribution is 5.94. The molecule has 3 nitrogen and oxygen atoms in total. The molecule has 0 saturated carbocycles. The summed E-state index contributed by atoms with van der Waals surface area (Å²) in [4.78, 5) is 14.5. The first kappa shape index (κ1) is 12.5. The molecule has 1 atom stereocenters. The van der Waals surface area contributed by atoms with Crippen molar-refractivity contribution in [2.75, 3.05) is 0 Å². The second kappa shape index (κ2) is 5.01. The van der Waals surface area contributed by atoms with Crippen LogP contribution in [0.3, 0.4) is 0 Å². The number of pyridine rings is 1. The minimum atomic E-state index is -0.998. The van der Waals surface area contributed by atoms with Gasteiger partial charge in [-0.2, -0.15) is 13.8 Å². The van der Waals surface area contributed by atoms with Crippen LogP contribution in [-0.4, -0.2) is 16.9 Å². The van der Waals surface area contributed by atoms with Crippen molar-refractivity contribution in [1.29, 1.82) is 0 Å². The first-order valence-corrected chi connectivity index (χ1v) is 5.04. The van der Waals surface area contributed by atoms with E-state index in [2.05, 4.69) is 10.3 Å². The van der Waals surface area contributed by atoms with Crippen LogP contribution in [0.1, 0.15) is 31.1 Å². The van der Waals surface area contributed by atoms with E-state index < -0.39 is 17.8 Å². The molecule has 88 valence electrons. The number of nitrogens with one attached hydrogen (secondary N) is 1. The summed E-state index contributed by atoms with van der Waals surface area (Å²) in [6.07, 6.45) is 0. The van der Waals surface area contributed by atoms with Crippen molar-refractivity contribution in [2.45, 2.75) is 26.8 Å². The Bertz CT molecular complexity index is 373. The van der Waals surface area contributed by atoms with Gasteiger partial charge in [-0.1, -0.05) is 13.8 Å². The maximum absolute atomic E-state index is 12.8. The molecule has 1 heterocycles. The summed E-state index contributed by atoms with van der Waals surface area (Å²) in [6.45, 7) is 5.72. The van der Waals surface area contributed by atoms with Gasteiger partial charge in [-0.05, 0) is 12.8 Å².